The van der Waals surface area contributed by atoms with Crippen LogP contribution >= 0.6 is 0 Å². The van der Waals surface area contributed by atoms with Gasteiger partial charge < -0.3 is 4.74 Å². The smallest absolute Gasteiger partial charge is 0.269 e. The maximum absolute atomic E-state index is 10.5. The van der Waals surface area contributed by atoms with Crippen LogP contribution in [0.4, 0.5) is 5.69 Å². The van der Waals surface area contributed by atoms with Crippen LogP contribution in [-0.2, 0) is 0 Å². The first-order valence-electron chi connectivity index (χ1n) is 5.11. The van der Waals surface area contributed by atoms with Crippen LogP contribution in [0.5, 0.6) is 11.5 Å². The first-order valence-corrected chi connectivity index (χ1v) is 5.11. The molecule has 5 heteroatoms. The van der Waals surface area contributed by atoms with Gasteiger partial charge in [0, 0.05) is 12.1 Å². The van der Waals surface area contributed by atoms with Crippen LogP contribution in [0, 0.1) is 21.4 Å². The Hall–Kier alpha value is -2.87. The Bertz CT molecular complexity index is 598. The van der Waals surface area contributed by atoms with Gasteiger partial charge in [0.1, 0.15) is 11.5 Å². The highest BCUT2D eigenvalue weighted by molar-refractivity contribution is 5.40. The van der Waals surface area contributed by atoms with Crippen molar-refractivity contribution in [3.05, 3.63) is 64.2 Å². The van der Waals surface area contributed by atoms with Crippen LogP contribution in [-0.4, -0.2) is 4.92 Å². The van der Waals surface area contributed by atoms with E-state index < -0.39 is 4.92 Å². The molecular formula is C13H8N2O3. The predicted octanol–water partition coefficient (Wildman–Crippen LogP) is 3.26. The van der Waals surface area contributed by atoms with Crippen LogP contribution in [0.25, 0.3) is 0 Å². The third-order valence-electron chi connectivity index (χ3n) is 2.27. The van der Waals surface area contributed by atoms with E-state index in [1.54, 1.807) is 24.3 Å². The summed E-state index contributed by atoms with van der Waals surface area (Å²) < 4.78 is 5.48. The summed E-state index contributed by atoms with van der Waals surface area (Å²) in [5.41, 5.74) is 0.563. The molecule has 0 N–H and O–H groups in total. The van der Waals surface area contributed by atoms with Gasteiger partial charge in [0.2, 0.25) is 0 Å². The van der Waals surface area contributed by atoms with E-state index in [-0.39, 0.29) is 5.69 Å². The molecule has 0 unspecified atom stereocenters. The highest BCUT2D eigenvalue weighted by Gasteiger charge is 2.04. The minimum Gasteiger partial charge on any atom is -0.457 e. The summed E-state index contributed by atoms with van der Waals surface area (Å²) in [6.45, 7) is 0. The second-order valence-electron chi connectivity index (χ2n) is 3.49. The second-order valence-corrected chi connectivity index (χ2v) is 3.49. The molecular weight excluding hydrogens is 232 g/mol. The van der Waals surface area contributed by atoms with E-state index in [0.29, 0.717) is 17.1 Å². The van der Waals surface area contributed by atoms with E-state index in [2.05, 4.69) is 0 Å². The molecule has 5 nitrogen and oxygen atoms in total. The van der Waals surface area contributed by atoms with Crippen molar-refractivity contribution < 1.29 is 9.66 Å². The van der Waals surface area contributed by atoms with Crippen molar-refractivity contribution >= 4 is 5.69 Å². The van der Waals surface area contributed by atoms with Crippen LogP contribution in [0.15, 0.2) is 48.5 Å². The van der Waals surface area contributed by atoms with Gasteiger partial charge in [-0.15, -0.1) is 0 Å². The van der Waals surface area contributed by atoms with Gasteiger partial charge in [-0.3, -0.25) is 10.1 Å². The topological polar surface area (TPSA) is 76.2 Å². The summed E-state index contributed by atoms with van der Waals surface area (Å²) in [4.78, 5) is 10.0. The molecule has 0 fully saturated rings. The largest absolute Gasteiger partial charge is 0.457 e. The molecule has 2 rings (SSSR count). The zero-order valence-electron chi connectivity index (χ0n) is 9.24. The van der Waals surface area contributed by atoms with Crippen molar-refractivity contribution in [2.75, 3.05) is 0 Å². The fourth-order valence-corrected chi connectivity index (χ4v) is 1.37. The van der Waals surface area contributed by atoms with E-state index in [9.17, 15) is 10.1 Å². The molecule has 0 spiro atoms. The number of nitro groups is 1. The Balaban J connectivity index is 2.13. The van der Waals surface area contributed by atoms with Crippen LogP contribution < -0.4 is 4.74 Å². The van der Waals surface area contributed by atoms with Crippen LogP contribution in [0.2, 0.25) is 0 Å². The summed E-state index contributed by atoms with van der Waals surface area (Å²) >= 11 is 0. The average molecular weight is 240 g/mol. The second kappa shape index (κ2) is 4.97. The number of nitro benzene ring substituents is 1. The van der Waals surface area contributed by atoms with Gasteiger partial charge in [0.05, 0.1) is 16.6 Å². The Morgan fingerprint density at radius 3 is 1.94 bits per heavy atom. The van der Waals surface area contributed by atoms with Gasteiger partial charge in [0.25, 0.3) is 5.69 Å². The summed E-state index contributed by atoms with van der Waals surface area (Å²) in [6, 6.07) is 14.4. The lowest BCUT2D eigenvalue weighted by molar-refractivity contribution is -0.384. The van der Waals surface area contributed by atoms with Crippen molar-refractivity contribution in [1.82, 2.24) is 0 Å². The van der Waals surface area contributed by atoms with Crippen molar-refractivity contribution in [3.8, 4) is 17.6 Å². The molecule has 0 aliphatic heterocycles. The van der Waals surface area contributed by atoms with Crippen LogP contribution in [0.1, 0.15) is 5.56 Å². The van der Waals surface area contributed by atoms with Crippen molar-refractivity contribution in [2.24, 2.45) is 0 Å². The first-order chi connectivity index (χ1) is 8.69. The van der Waals surface area contributed by atoms with E-state index in [4.69, 9.17) is 10.00 Å². The molecule has 0 aromatic heterocycles. The number of non-ortho nitro benzene ring substituents is 1. The number of hydrogen-bond acceptors (Lipinski definition) is 4. The van der Waals surface area contributed by atoms with E-state index in [0.717, 1.165) is 0 Å². The maximum atomic E-state index is 10.5. The van der Waals surface area contributed by atoms with Gasteiger partial charge in [0.15, 0.2) is 0 Å². The van der Waals surface area contributed by atoms with Gasteiger partial charge in [-0.25, -0.2) is 0 Å². The molecule has 0 saturated heterocycles. The van der Waals surface area contributed by atoms with Gasteiger partial charge >= 0.3 is 0 Å². The number of rotatable bonds is 3. The molecule has 0 bridgehead atoms. The molecule has 18 heavy (non-hydrogen) atoms. The van der Waals surface area contributed by atoms with Crippen molar-refractivity contribution in [1.29, 1.82) is 5.26 Å². The summed E-state index contributed by atoms with van der Waals surface area (Å²) in [6.07, 6.45) is 0. The third kappa shape index (κ3) is 2.62. The molecule has 0 heterocycles. The number of nitrogens with zero attached hydrogens (tertiary/aromatic N) is 2. The lowest BCUT2D eigenvalue weighted by Crippen LogP contribution is -1.88. The minimum atomic E-state index is -0.467. The first kappa shape index (κ1) is 11.6. The highest BCUT2D eigenvalue weighted by Crippen LogP contribution is 2.23. The average Bonchev–Trinajstić information content (AvgIpc) is 2.40. The molecule has 0 aliphatic rings. The number of benzene rings is 2. The standard InChI is InChI=1S/C13H8N2O3/c14-9-10-1-5-12(6-2-10)18-13-7-3-11(4-8-13)15(16)17/h1-8H. The number of nitriles is 1. The molecule has 2 aromatic carbocycles. The number of ether oxygens (including phenoxy) is 1. The Morgan fingerprint density at radius 1 is 1.00 bits per heavy atom. The normalized spacial score (nSPS) is 9.50. The van der Waals surface area contributed by atoms with Gasteiger partial charge in [-0.1, -0.05) is 0 Å². The summed E-state index contributed by atoms with van der Waals surface area (Å²) in [5, 5.41) is 19.1. The maximum Gasteiger partial charge on any atom is 0.269 e. The van der Waals surface area contributed by atoms with Crippen molar-refractivity contribution in [3.63, 3.8) is 0 Å². The van der Waals surface area contributed by atoms with Crippen molar-refractivity contribution in [2.45, 2.75) is 0 Å². The fourth-order valence-electron chi connectivity index (χ4n) is 1.37. The third-order valence-corrected chi connectivity index (χ3v) is 2.27. The Labute approximate surface area is 103 Å². The SMILES string of the molecule is N#Cc1ccc(Oc2ccc([N+](=O)[O-])cc2)cc1. The van der Waals surface area contributed by atoms with E-state index in [1.807, 2.05) is 6.07 Å². The minimum absolute atomic E-state index is 0.0159. The number of hydrogen-bond donors (Lipinski definition) is 0. The highest BCUT2D eigenvalue weighted by atomic mass is 16.6. The Morgan fingerprint density at radius 2 is 1.50 bits per heavy atom. The van der Waals surface area contributed by atoms with E-state index in [1.165, 1.54) is 24.3 Å². The molecule has 2 aromatic rings. The lowest BCUT2D eigenvalue weighted by Gasteiger charge is -2.04. The lowest BCUT2D eigenvalue weighted by atomic mass is 10.2. The van der Waals surface area contributed by atoms with Crippen LogP contribution in [0.3, 0.4) is 0 Å². The molecule has 0 amide bonds. The molecule has 0 aliphatic carbocycles. The monoisotopic (exact) mass is 240 g/mol. The molecule has 0 saturated carbocycles. The molecule has 0 atom stereocenters. The zero-order chi connectivity index (χ0) is 13.0. The van der Waals surface area contributed by atoms with Gasteiger partial charge in [-0.05, 0) is 36.4 Å². The fraction of sp³-hybridized carbons (Fsp3) is 0. The Kier molecular flexibility index (Phi) is 3.21. The zero-order valence-corrected chi connectivity index (χ0v) is 9.24. The molecule has 0 radical (unpaired) electrons. The molecule has 88 valence electrons. The predicted molar refractivity (Wildman–Crippen MR) is 64.3 cm³/mol. The summed E-state index contributed by atoms with van der Waals surface area (Å²) in [7, 11) is 0. The van der Waals surface area contributed by atoms with Gasteiger partial charge in [-0.2, -0.15) is 5.26 Å². The summed E-state index contributed by atoms with van der Waals surface area (Å²) in [5.74, 6) is 1.08. The van der Waals surface area contributed by atoms with E-state index >= 15 is 0 Å². The quantitative estimate of drug-likeness (QED) is 0.609.